The van der Waals surface area contributed by atoms with Gasteiger partial charge in [0, 0.05) is 31.8 Å². The number of carbonyl (C=O) groups is 3. The molecule has 1 aliphatic rings. The van der Waals surface area contributed by atoms with E-state index in [1.165, 1.54) is 4.90 Å². The van der Waals surface area contributed by atoms with Gasteiger partial charge in [-0.2, -0.15) is 0 Å². The largest absolute Gasteiger partial charge is 0.345 e. The van der Waals surface area contributed by atoms with Crippen LogP contribution in [0.3, 0.4) is 0 Å². The van der Waals surface area contributed by atoms with Crippen molar-refractivity contribution in [3.63, 3.8) is 0 Å². The van der Waals surface area contributed by atoms with Crippen LogP contribution in [0.4, 0.5) is 5.69 Å². The Bertz CT molecular complexity index is 537. The van der Waals surface area contributed by atoms with Gasteiger partial charge in [-0.1, -0.05) is 0 Å². The van der Waals surface area contributed by atoms with E-state index < -0.39 is 6.04 Å². The number of rotatable bonds is 3. The molecule has 0 spiro atoms. The normalized spacial score (nSPS) is 17.5. The van der Waals surface area contributed by atoms with Gasteiger partial charge in [0.25, 0.3) is 5.91 Å². The molecule has 0 bridgehead atoms. The maximum atomic E-state index is 11.9. The molecule has 6 nitrogen and oxygen atoms in total. The molecule has 0 aliphatic carbocycles. The van der Waals surface area contributed by atoms with Crippen LogP contribution in [0.1, 0.15) is 23.2 Å². The Balaban J connectivity index is 1.98. The molecule has 1 saturated heterocycles. The standard InChI is InChI=1S/C14H17N3O3/c1-17(2)14(20)9-3-5-10(6-4-9)15-13(19)11-7-8-12(18)16-11/h3-6,11H,7-8H2,1-2H3,(H,15,19)(H,16,18). The van der Waals surface area contributed by atoms with Gasteiger partial charge in [0.15, 0.2) is 0 Å². The summed E-state index contributed by atoms with van der Waals surface area (Å²) in [5.41, 5.74) is 1.16. The molecule has 6 heteroatoms. The molecule has 3 amide bonds. The molecule has 1 unspecified atom stereocenters. The molecule has 1 heterocycles. The first-order valence-corrected chi connectivity index (χ1v) is 6.39. The first-order chi connectivity index (χ1) is 9.47. The van der Waals surface area contributed by atoms with Gasteiger partial charge in [0.05, 0.1) is 0 Å². The third-order valence-electron chi connectivity index (χ3n) is 3.12. The van der Waals surface area contributed by atoms with Gasteiger partial charge in [-0.05, 0) is 30.7 Å². The molecule has 0 radical (unpaired) electrons. The summed E-state index contributed by atoms with van der Waals surface area (Å²) in [7, 11) is 3.36. The van der Waals surface area contributed by atoms with E-state index >= 15 is 0 Å². The molecule has 2 rings (SSSR count). The summed E-state index contributed by atoms with van der Waals surface area (Å²) in [6.45, 7) is 0. The highest BCUT2D eigenvalue weighted by Crippen LogP contribution is 2.13. The van der Waals surface area contributed by atoms with Crippen molar-refractivity contribution in [2.24, 2.45) is 0 Å². The lowest BCUT2D eigenvalue weighted by Gasteiger charge is -2.12. The molecule has 1 aromatic carbocycles. The monoisotopic (exact) mass is 275 g/mol. The molecule has 1 aromatic rings. The van der Waals surface area contributed by atoms with Crippen LogP contribution in [-0.4, -0.2) is 42.8 Å². The third kappa shape index (κ3) is 3.14. The van der Waals surface area contributed by atoms with E-state index in [4.69, 9.17) is 0 Å². The van der Waals surface area contributed by atoms with Crippen LogP contribution < -0.4 is 10.6 Å². The van der Waals surface area contributed by atoms with Crippen LogP contribution >= 0.6 is 0 Å². The fourth-order valence-corrected chi connectivity index (χ4v) is 1.99. The Morgan fingerprint density at radius 3 is 2.40 bits per heavy atom. The van der Waals surface area contributed by atoms with E-state index in [1.54, 1.807) is 38.4 Å². The van der Waals surface area contributed by atoms with E-state index in [2.05, 4.69) is 10.6 Å². The van der Waals surface area contributed by atoms with Crippen molar-refractivity contribution in [3.8, 4) is 0 Å². The summed E-state index contributed by atoms with van der Waals surface area (Å²) < 4.78 is 0. The molecule has 0 saturated carbocycles. The summed E-state index contributed by atoms with van der Waals surface area (Å²) in [5.74, 6) is -0.425. The Morgan fingerprint density at radius 1 is 1.25 bits per heavy atom. The van der Waals surface area contributed by atoms with Crippen LogP contribution in [0.5, 0.6) is 0 Å². The Kier molecular flexibility index (Phi) is 4.02. The van der Waals surface area contributed by atoms with Crippen molar-refractivity contribution in [1.29, 1.82) is 0 Å². The van der Waals surface area contributed by atoms with E-state index in [0.29, 0.717) is 24.1 Å². The summed E-state index contributed by atoms with van der Waals surface area (Å²) in [6, 6.07) is 6.19. The lowest BCUT2D eigenvalue weighted by Crippen LogP contribution is -2.37. The molecule has 106 valence electrons. The number of hydrogen-bond donors (Lipinski definition) is 2. The van der Waals surface area contributed by atoms with Gasteiger partial charge < -0.3 is 15.5 Å². The van der Waals surface area contributed by atoms with E-state index in [1.807, 2.05) is 0 Å². The number of benzene rings is 1. The van der Waals surface area contributed by atoms with Gasteiger partial charge in [-0.3, -0.25) is 14.4 Å². The van der Waals surface area contributed by atoms with E-state index in [9.17, 15) is 14.4 Å². The van der Waals surface area contributed by atoms with Crippen LogP contribution in [0.25, 0.3) is 0 Å². The fourth-order valence-electron chi connectivity index (χ4n) is 1.99. The average Bonchev–Trinajstić information content (AvgIpc) is 2.85. The van der Waals surface area contributed by atoms with Crippen LogP contribution in [0.2, 0.25) is 0 Å². The lowest BCUT2D eigenvalue weighted by atomic mass is 10.1. The van der Waals surface area contributed by atoms with Gasteiger partial charge >= 0.3 is 0 Å². The van der Waals surface area contributed by atoms with Crippen molar-refractivity contribution in [1.82, 2.24) is 10.2 Å². The SMILES string of the molecule is CN(C)C(=O)c1ccc(NC(=O)C2CCC(=O)N2)cc1. The second-order valence-corrected chi connectivity index (χ2v) is 4.92. The summed E-state index contributed by atoms with van der Waals surface area (Å²) in [6.07, 6.45) is 0.899. The van der Waals surface area contributed by atoms with E-state index in [0.717, 1.165) is 0 Å². The highest BCUT2D eigenvalue weighted by molar-refractivity contribution is 5.99. The highest BCUT2D eigenvalue weighted by Gasteiger charge is 2.27. The van der Waals surface area contributed by atoms with Crippen LogP contribution in [0, 0.1) is 0 Å². The second kappa shape index (κ2) is 5.73. The Hall–Kier alpha value is -2.37. The first-order valence-electron chi connectivity index (χ1n) is 6.39. The van der Waals surface area contributed by atoms with Gasteiger partial charge in [-0.25, -0.2) is 0 Å². The number of anilines is 1. The van der Waals surface area contributed by atoms with Crippen molar-refractivity contribution in [3.05, 3.63) is 29.8 Å². The van der Waals surface area contributed by atoms with Gasteiger partial charge in [0.1, 0.15) is 6.04 Å². The van der Waals surface area contributed by atoms with E-state index in [-0.39, 0.29) is 17.7 Å². The van der Waals surface area contributed by atoms with Crippen LogP contribution in [0.15, 0.2) is 24.3 Å². The zero-order valence-electron chi connectivity index (χ0n) is 11.5. The number of hydrogen-bond acceptors (Lipinski definition) is 3. The maximum Gasteiger partial charge on any atom is 0.253 e. The molecule has 1 atom stereocenters. The van der Waals surface area contributed by atoms with Gasteiger partial charge in [0.2, 0.25) is 11.8 Å². The number of nitrogens with zero attached hydrogens (tertiary/aromatic N) is 1. The molecule has 1 fully saturated rings. The average molecular weight is 275 g/mol. The molecule has 1 aliphatic heterocycles. The quantitative estimate of drug-likeness (QED) is 0.848. The number of carbonyl (C=O) groups excluding carboxylic acids is 3. The highest BCUT2D eigenvalue weighted by atomic mass is 16.2. The Morgan fingerprint density at radius 2 is 1.90 bits per heavy atom. The minimum Gasteiger partial charge on any atom is -0.345 e. The molecule has 0 aromatic heterocycles. The van der Waals surface area contributed by atoms with Crippen molar-refractivity contribution in [2.75, 3.05) is 19.4 Å². The van der Waals surface area contributed by atoms with Crippen molar-refractivity contribution in [2.45, 2.75) is 18.9 Å². The summed E-state index contributed by atoms with van der Waals surface area (Å²) >= 11 is 0. The topological polar surface area (TPSA) is 78.5 Å². The second-order valence-electron chi connectivity index (χ2n) is 4.92. The molecular weight excluding hydrogens is 258 g/mol. The zero-order chi connectivity index (χ0) is 14.7. The van der Waals surface area contributed by atoms with Crippen LogP contribution in [-0.2, 0) is 9.59 Å². The zero-order valence-corrected chi connectivity index (χ0v) is 11.5. The van der Waals surface area contributed by atoms with Gasteiger partial charge in [-0.15, -0.1) is 0 Å². The first kappa shape index (κ1) is 14.0. The Labute approximate surface area is 117 Å². The van der Waals surface area contributed by atoms with Crippen molar-refractivity contribution < 1.29 is 14.4 Å². The molecule has 20 heavy (non-hydrogen) atoms. The number of nitrogens with one attached hydrogen (secondary N) is 2. The van der Waals surface area contributed by atoms with Crippen molar-refractivity contribution >= 4 is 23.4 Å². The summed E-state index contributed by atoms with van der Waals surface area (Å²) in [5, 5.41) is 5.33. The maximum absolute atomic E-state index is 11.9. The smallest absolute Gasteiger partial charge is 0.253 e. The summed E-state index contributed by atoms with van der Waals surface area (Å²) in [4.78, 5) is 36.1. The number of amides is 3. The molecule has 2 N–H and O–H groups in total. The fraction of sp³-hybridized carbons (Fsp3) is 0.357. The predicted molar refractivity (Wildman–Crippen MR) is 74.3 cm³/mol. The molecular formula is C14H17N3O3. The minimum atomic E-state index is -0.467. The third-order valence-corrected chi connectivity index (χ3v) is 3.12. The predicted octanol–water partition coefficient (Wildman–Crippen LogP) is 0.605. The minimum absolute atomic E-state index is 0.0917. The lowest BCUT2D eigenvalue weighted by molar-refractivity contribution is -0.122.